The molecule has 0 saturated carbocycles. The summed E-state index contributed by atoms with van der Waals surface area (Å²) in [5.41, 5.74) is 1.79. The van der Waals surface area contributed by atoms with Gasteiger partial charge in [-0.3, -0.25) is 9.69 Å². The molecule has 0 radical (unpaired) electrons. The van der Waals surface area contributed by atoms with Crippen LogP contribution < -0.4 is 4.90 Å². The molecule has 4 heteroatoms. The molecule has 0 saturated heterocycles. The van der Waals surface area contributed by atoms with Crippen molar-refractivity contribution in [3.05, 3.63) is 55.3 Å². The van der Waals surface area contributed by atoms with Gasteiger partial charge in [-0.2, -0.15) is 0 Å². The minimum absolute atomic E-state index is 0.106. The van der Waals surface area contributed by atoms with E-state index in [9.17, 15) is 4.79 Å². The number of carbonyl (C=O) groups is 1. The van der Waals surface area contributed by atoms with Gasteiger partial charge in [-0.1, -0.05) is 36.4 Å². The fourth-order valence-electron chi connectivity index (χ4n) is 1.73. The Morgan fingerprint density at radius 3 is 2.68 bits per heavy atom. The summed E-state index contributed by atoms with van der Waals surface area (Å²) in [5, 5.41) is 0. The third-order valence-electron chi connectivity index (χ3n) is 2.65. The van der Waals surface area contributed by atoms with E-state index in [2.05, 4.69) is 16.5 Å². The Labute approximate surface area is 112 Å². The van der Waals surface area contributed by atoms with E-state index in [0.29, 0.717) is 12.5 Å². The van der Waals surface area contributed by atoms with Crippen LogP contribution in [0.4, 0.5) is 5.95 Å². The van der Waals surface area contributed by atoms with E-state index in [1.165, 1.54) is 11.8 Å². The topological polar surface area (TPSA) is 46.1 Å². The maximum atomic E-state index is 11.6. The third kappa shape index (κ3) is 3.04. The van der Waals surface area contributed by atoms with Crippen LogP contribution in [0.15, 0.2) is 55.3 Å². The Balaban J connectivity index is 2.38. The van der Waals surface area contributed by atoms with Crippen molar-refractivity contribution in [3.8, 4) is 11.3 Å². The summed E-state index contributed by atoms with van der Waals surface area (Å²) >= 11 is 0. The molecule has 0 aliphatic heterocycles. The molecule has 2 rings (SSSR count). The molecule has 4 nitrogen and oxygen atoms in total. The molecule has 0 unspecified atom stereocenters. The average Bonchev–Trinajstić information content (AvgIpc) is 2.45. The summed E-state index contributed by atoms with van der Waals surface area (Å²) in [6, 6.07) is 11.6. The van der Waals surface area contributed by atoms with Gasteiger partial charge < -0.3 is 0 Å². The van der Waals surface area contributed by atoms with Gasteiger partial charge in [0.2, 0.25) is 11.9 Å². The van der Waals surface area contributed by atoms with Gasteiger partial charge in [0.25, 0.3) is 0 Å². The molecule has 0 N–H and O–H groups in total. The molecule has 0 atom stereocenters. The monoisotopic (exact) mass is 253 g/mol. The number of hydrogen-bond acceptors (Lipinski definition) is 3. The first kappa shape index (κ1) is 13.0. The number of amides is 1. The first-order valence-corrected chi connectivity index (χ1v) is 6.00. The molecule has 1 heterocycles. The number of rotatable bonds is 4. The van der Waals surface area contributed by atoms with Gasteiger partial charge in [0.1, 0.15) is 0 Å². The molecule has 0 aliphatic carbocycles. The Hall–Kier alpha value is -2.49. The molecular formula is C15H15N3O. The molecule has 0 aliphatic rings. The largest absolute Gasteiger partial charge is 0.277 e. The lowest BCUT2D eigenvalue weighted by atomic mass is 10.1. The van der Waals surface area contributed by atoms with Gasteiger partial charge >= 0.3 is 0 Å². The molecule has 1 aromatic carbocycles. The molecule has 96 valence electrons. The van der Waals surface area contributed by atoms with E-state index < -0.39 is 0 Å². The zero-order chi connectivity index (χ0) is 13.7. The Morgan fingerprint density at radius 2 is 2.05 bits per heavy atom. The lowest BCUT2D eigenvalue weighted by Gasteiger charge is -2.17. The maximum absolute atomic E-state index is 11.6. The van der Waals surface area contributed by atoms with Crippen molar-refractivity contribution in [1.82, 2.24) is 9.97 Å². The van der Waals surface area contributed by atoms with Gasteiger partial charge in [0, 0.05) is 25.2 Å². The second kappa shape index (κ2) is 5.91. The van der Waals surface area contributed by atoms with Crippen LogP contribution in [-0.4, -0.2) is 22.4 Å². The predicted octanol–water partition coefficient (Wildman–Crippen LogP) is 2.68. The molecule has 19 heavy (non-hydrogen) atoms. The van der Waals surface area contributed by atoms with Crippen LogP contribution in [0.25, 0.3) is 11.3 Å². The Bertz CT molecular complexity index is 581. The number of aromatic nitrogens is 2. The molecule has 0 fully saturated rings. The Kier molecular flexibility index (Phi) is 4.03. The molecule has 1 amide bonds. The first-order chi connectivity index (χ1) is 9.22. The molecule has 0 bridgehead atoms. The minimum atomic E-state index is -0.106. The van der Waals surface area contributed by atoms with Crippen LogP contribution >= 0.6 is 0 Å². The number of anilines is 1. The van der Waals surface area contributed by atoms with Crippen LogP contribution in [-0.2, 0) is 4.79 Å². The van der Waals surface area contributed by atoms with Gasteiger partial charge in [-0.15, -0.1) is 6.58 Å². The van der Waals surface area contributed by atoms with E-state index in [1.807, 2.05) is 36.4 Å². The normalized spacial score (nSPS) is 9.95. The SMILES string of the molecule is C=CCN(C(C)=O)c1nccc(-c2ccccc2)n1. The number of hydrogen-bond donors (Lipinski definition) is 0. The molecule has 2 aromatic rings. The first-order valence-electron chi connectivity index (χ1n) is 6.00. The van der Waals surface area contributed by atoms with E-state index >= 15 is 0 Å². The van der Waals surface area contributed by atoms with Crippen molar-refractivity contribution in [1.29, 1.82) is 0 Å². The van der Waals surface area contributed by atoms with E-state index in [4.69, 9.17) is 0 Å². The second-order valence-electron chi connectivity index (χ2n) is 4.03. The van der Waals surface area contributed by atoms with Gasteiger partial charge in [0.05, 0.1) is 5.69 Å². The van der Waals surface area contributed by atoms with Crippen molar-refractivity contribution < 1.29 is 4.79 Å². The lowest BCUT2D eigenvalue weighted by molar-refractivity contribution is -0.116. The average molecular weight is 253 g/mol. The Morgan fingerprint density at radius 1 is 1.32 bits per heavy atom. The fourth-order valence-corrected chi connectivity index (χ4v) is 1.73. The van der Waals surface area contributed by atoms with E-state index in [-0.39, 0.29) is 5.91 Å². The fraction of sp³-hybridized carbons (Fsp3) is 0.133. The highest BCUT2D eigenvalue weighted by Gasteiger charge is 2.13. The summed E-state index contributed by atoms with van der Waals surface area (Å²) < 4.78 is 0. The third-order valence-corrected chi connectivity index (χ3v) is 2.65. The maximum Gasteiger partial charge on any atom is 0.232 e. The highest BCUT2D eigenvalue weighted by atomic mass is 16.2. The van der Waals surface area contributed by atoms with Crippen molar-refractivity contribution in [2.45, 2.75) is 6.92 Å². The van der Waals surface area contributed by atoms with Crippen LogP contribution in [0.2, 0.25) is 0 Å². The second-order valence-corrected chi connectivity index (χ2v) is 4.03. The predicted molar refractivity (Wildman–Crippen MR) is 75.7 cm³/mol. The summed E-state index contributed by atoms with van der Waals surface area (Å²) in [5.74, 6) is 0.291. The summed E-state index contributed by atoms with van der Waals surface area (Å²) in [6.07, 6.45) is 3.31. The van der Waals surface area contributed by atoms with Crippen LogP contribution in [0.1, 0.15) is 6.92 Å². The van der Waals surface area contributed by atoms with Gasteiger partial charge in [0.15, 0.2) is 0 Å². The van der Waals surface area contributed by atoms with Crippen LogP contribution in [0.3, 0.4) is 0 Å². The smallest absolute Gasteiger partial charge is 0.232 e. The van der Waals surface area contributed by atoms with Crippen molar-refractivity contribution in [3.63, 3.8) is 0 Å². The number of benzene rings is 1. The van der Waals surface area contributed by atoms with Crippen molar-refractivity contribution in [2.75, 3.05) is 11.4 Å². The standard InChI is InChI=1S/C15H15N3O/c1-3-11-18(12(2)19)15-16-10-9-14(17-15)13-7-5-4-6-8-13/h3-10H,1,11H2,2H3. The van der Waals surface area contributed by atoms with Crippen molar-refractivity contribution >= 4 is 11.9 Å². The molecule has 0 spiro atoms. The zero-order valence-corrected chi connectivity index (χ0v) is 10.8. The minimum Gasteiger partial charge on any atom is -0.277 e. The summed E-state index contributed by atoms with van der Waals surface area (Å²) in [7, 11) is 0. The van der Waals surface area contributed by atoms with E-state index in [0.717, 1.165) is 11.3 Å². The number of nitrogens with zero attached hydrogens (tertiary/aromatic N) is 3. The number of carbonyl (C=O) groups excluding carboxylic acids is 1. The summed E-state index contributed by atoms with van der Waals surface area (Å²) in [6.45, 7) is 5.52. The molecular weight excluding hydrogens is 238 g/mol. The van der Waals surface area contributed by atoms with Crippen LogP contribution in [0, 0.1) is 0 Å². The quantitative estimate of drug-likeness (QED) is 0.787. The van der Waals surface area contributed by atoms with E-state index in [1.54, 1.807) is 12.3 Å². The highest BCUT2D eigenvalue weighted by molar-refractivity contribution is 5.90. The van der Waals surface area contributed by atoms with Gasteiger partial charge in [-0.05, 0) is 6.07 Å². The zero-order valence-electron chi connectivity index (χ0n) is 10.8. The van der Waals surface area contributed by atoms with Crippen LogP contribution in [0.5, 0.6) is 0 Å². The van der Waals surface area contributed by atoms with Crippen molar-refractivity contribution in [2.24, 2.45) is 0 Å². The lowest BCUT2D eigenvalue weighted by Crippen LogP contribution is -2.30. The summed E-state index contributed by atoms with van der Waals surface area (Å²) in [4.78, 5) is 21.6. The molecule has 1 aromatic heterocycles. The van der Waals surface area contributed by atoms with Gasteiger partial charge in [-0.25, -0.2) is 9.97 Å². The highest BCUT2D eigenvalue weighted by Crippen LogP contribution is 2.18.